The van der Waals surface area contributed by atoms with Gasteiger partial charge >= 0.3 is 0 Å². The lowest BCUT2D eigenvalue weighted by atomic mass is 10.9. The summed E-state index contributed by atoms with van der Waals surface area (Å²) < 4.78 is 11.9. The van der Waals surface area contributed by atoms with Crippen molar-refractivity contribution in [1.29, 1.82) is 0 Å². The third-order valence-corrected chi connectivity index (χ3v) is 2.42. The van der Waals surface area contributed by atoms with Gasteiger partial charge in [0.1, 0.15) is 0 Å². The predicted molar refractivity (Wildman–Crippen MR) is 32.7 cm³/mol. The lowest BCUT2D eigenvalue weighted by molar-refractivity contribution is 0.503. The molecule has 5 heavy (non-hydrogen) atoms. The maximum absolute atomic E-state index is 11.3. The van der Waals surface area contributed by atoms with Gasteiger partial charge in [0.15, 0.2) is 5.08 Å². The van der Waals surface area contributed by atoms with E-state index in [2.05, 4.69) is 15.9 Å². The Hall–Kier alpha value is 1.14. The number of halogens is 3. The molecule has 32 valence electrons. The third-order valence-electron chi connectivity index (χ3n) is 0.117. The monoisotopic (exact) mass is 252 g/mol. The van der Waals surface area contributed by atoms with Crippen molar-refractivity contribution in [2.75, 3.05) is 4.43 Å². The zero-order valence-corrected chi connectivity index (χ0v) is 6.16. The molecule has 0 bridgehead atoms. The van der Waals surface area contributed by atoms with Gasteiger partial charge in [-0.25, -0.2) is 4.39 Å². The summed E-state index contributed by atoms with van der Waals surface area (Å²) in [6, 6.07) is 0. The minimum atomic E-state index is -0.817. The van der Waals surface area contributed by atoms with Crippen molar-refractivity contribution in [1.82, 2.24) is 0 Å². The van der Waals surface area contributed by atoms with Crippen LogP contribution < -0.4 is 0 Å². The van der Waals surface area contributed by atoms with Gasteiger partial charge in [-0.05, 0) is 0 Å². The van der Waals surface area contributed by atoms with E-state index in [0.29, 0.717) is 4.43 Å². The van der Waals surface area contributed by atoms with E-state index in [1.165, 1.54) is 0 Å². The molecule has 0 aliphatic rings. The Morgan fingerprint density at radius 2 is 2.20 bits per heavy atom. The van der Waals surface area contributed by atoms with Crippen LogP contribution in [-0.4, -0.2) is 9.51 Å². The summed E-state index contributed by atoms with van der Waals surface area (Å²) in [7, 11) is 0. The van der Waals surface area contributed by atoms with Crippen molar-refractivity contribution in [3.8, 4) is 0 Å². The Morgan fingerprint density at radius 1 is 2.00 bits per heavy atom. The summed E-state index contributed by atoms with van der Waals surface area (Å²) in [6.45, 7) is 0. The van der Waals surface area contributed by atoms with E-state index in [0.717, 1.165) is 0 Å². The molecular formula is C2H3BrFI. The second-order valence-electron chi connectivity index (χ2n) is 0.545. The van der Waals surface area contributed by atoms with Crippen LogP contribution in [0.25, 0.3) is 0 Å². The molecule has 0 aromatic heterocycles. The van der Waals surface area contributed by atoms with Crippen LogP contribution >= 0.6 is 38.5 Å². The molecule has 1 atom stereocenters. The Labute approximate surface area is 52.4 Å². The third kappa shape index (κ3) is 5.14. The van der Waals surface area contributed by atoms with Crippen LogP contribution in [-0.2, 0) is 0 Å². The number of rotatable bonds is 1. The minimum absolute atomic E-state index is 0.526. The highest BCUT2D eigenvalue weighted by atomic mass is 127. The highest BCUT2D eigenvalue weighted by Crippen LogP contribution is 2.02. The van der Waals surface area contributed by atoms with E-state index in [9.17, 15) is 4.39 Å². The van der Waals surface area contributed by atoms with Crippen LogP contribution in [0.1, 0.15) is 0 Å². The predicted octanol–water partition coefficient (Wildman–Crippen LogP) is 2.11. The first-order chi connectivity index (χ1) is 2.27. The van der Waals surface area contributed by atoms with Gasteiger partial charge in [0, 0.05) is 4.43 Å². The maximum atomic E-state index is 11.3. The van der Waals surface area contributed by atoms with Gasteiger partial charge in [-0.3, -0.25) is 0 Å². The van der Waals surface area contributed by atoms with E-state index < -0.39 is 5.08 Å². The second kappa shape index (κ2) is 3.33. The topological polar surface area (TPSA) is 0 Å². The second-order valence-corrected chi connectivity index (χ2v) is 2.42. The van der Waals surface area contributed by atoms with E-state index in [-0.39, 0.29) is 0 Å². The zero-order valence-electron chi connectivity index (χ0n) is 2.42. The first kappa shape index (κ1) is 6.14. The summed E-state index contributed by atoms with van der Waals surface area (Å²) in [6.07, 6.45) is 0. The van der Waals surface area contributed by atoms with Crippen molar-refractivity contribution in [3.05, 3.63) is 0 Å². The van der Waals surface area contributed by atoms with Crippen molar-refractivity contribution >= 4 is 38.5 Å². The average Bonchev–Trinajstić information content (AvgIpc) is 1.38. The molecular weight excluding hydrogens is 250 g/mol. The highest BCUT2D eigenvalue weighted by Gasteiger charge is 1.89. The van der Waals surface area contributed by atoms with E-state index in [1.807, 2.05) is 22.6 Å². The normalized spacial score (nSPS) is 15.0. The lowest BCUT2D eigenvalue weighted by Crippen LogP contribution is -1.82. The van der Waals surface area contributed by atoms with Gasteiger partial charge < -0.3 is 0 Å². The Morgan fingerprint density at radius 3 is 2.20 bits per heavy atom. The van der Waals surface area contributed by atoms with Crippen molar-refractivity contribution in [2.45, 2.75) is 5.08 Å². The van der Waals surface area contributed by atoms with Crippen LogP contribution in [0, 0.1) is 0 Å². The fourth-order valence-corrected chi connectivity index (χ4v) is 0. The fraction of sp³-hybridized carbons (Fsp3) is 1.00. The van der Waals surface area contributed by atoms with Crippen LogP contribution in [0.15, 0.2) is 0 Å². The molecule has 0 heterocycles. The first-order valence-electron chi connectivity index (χ1n) is 1.11. The number of alkyl halides is 3. The molecule has 0 aromatic carbocycles. The standard InChI is InChI=1S/C2H3BrFI/c3-2(4)1-5/h2H,1H2. The number of hydrogen-bond donors (Lipinski definition) is 0. The van der Waals surface area contributed by atoms with E-state index in [4.69, 9.17) is 0 Å². The minimum Gasteiger partial charge on any atom is -0.234 e. The Bertz CT molecular complexity index is 23.6. The molecule has 0 aliphatic heterocycles. The van der Waals surface area contributed by atoms with Gasteiger partial charge in [0.05, 0.1) is 0 Å². The van der Waals surface area contributed by atoms with Crippen LogP contribution in [0.2, 0.25) is 0 Å². The summed E-state index contributed by atoms with van der Waals surface area (Å²) in [4.78, 5) is 0. The molecule has 0 aliphatic carbocycles. The van der Waals surface area contributed by atoms with Gasteiger partial charge in [-0.15, -0.1) is 0 Å². The van der Waals surface area contributed by atoms with E-state index in [1.54, 1.807) is 0 Å². The molecule has 0 radical (unpaired) electrons. The summed E-state index contributed by atoms with van der Waals surface area (Å²) in [5.74, 6) is 0. The molecule has 0 saturated carbocycles. The molecule has 0 fully saturated rings. The Balaban J connectivity index is 2.54. The largest absolute Gasteiger partial charge is 0.234 e. The molecule has 0 saturated heterocycles. The van der Waals surface area contributed by atoms with Gasteiger partial charge in [0.25, 0.3) is 0 Å². The Kier molecular flexibility index (Phi) is 4.09. The average molecular weight is 253 g/mol. The summed E-state index contributed by atoms with van der Waals surface area (Å²) in [5, 5.41) is -0.817. The van der Waals surface area contributed by atoms with Crippen molar-refractivity contribution in [3.63, 3.8) is 0 Å². The fourth-order valence-electron chi connectivity index (χ4n) is 0. The van der Waals surface area contributed by atoms with Crippen LogP contribution in [0.5, 0.6) is 0 Å². The maximum Gasteiger partial charge on any atom is 0.163 e. The van der Waals surface area contributed by atoms with Crippen molar-refractivity contribution < 1.29 is 4.39 Å². The highest BCUT2D eigenvalue weighted by molar-refractivity contribution is 14.1. The SMILES string of the molecule is FC(Br)CI. The molecule has 0 nitrogen and oxygen atoms in total. The molecule has 0 aromatic rings. The van der Waals surface area contributed by atoms with Gasteiger partial charge in [0.2, 0.25) is 0 Å². The smallest absolute Gasteiger partial charge is 0.163 e. The molecule has 0 rings (SSSR count). The first-order valence-corrected chi connectivity index (χ1v) is 3.55. The lowest BCUT2D eigenvalue weighted by Gasteiger charge is -1.82. The number of hydrogen-bond acceptors (Lipinski definition) is 0. The summed E-state index contributed by atoms with van der Waals surface area (Å²) in [5.41, 5.74) is 0. The van der Waals surface area contributed by atoms with Crippen LogP contribution in [0.3, 0.4) is 0 Å². The molecule has 3 heteroatoms. The molecule has 0 amide bonds. The quantitative estimate of drug-likeness (QED) is 0.495. The van der Waals surface area contributed by atoms with Gasteiger partial charge in [-0.1, -0.05) is 38.5 Å². The molecule has 1 unspecified atom stereocenters. The molecule has 0 spiro atoms. The van der Waals surface area contributed by atoms with Gasteiger partial charge in [-0.2, -0.15) is 0 Å². The zero-order chi connectivity index (χ0) is 4.28. The van der Waals surface area contributed by atoms with E-state index >= 15 is 0 Å². The molecule has 0 N–H and O–H groups in total. The summed E-state index contributed by atoms with van der Waals surface area (Å²) >= 11 is 4.65. The van der Waals surface area contributed by atoms with Crippen molar-refractivity contribution in [2.24, 2.45) is 0 Å². The van der Waals surface area contributed by atoms with Crippen LogP contribution in [0.4, 0.5) is 4.39 Å².